The van der Waals surface area contributed by atoms with Crippen LogP contribution < -0.4 is 0 Å². The van der Waals surface area contributed by atoms with Crippen molar-refractivity contribution in [2.45, 2.75) is 13.0 Å². The summed E-state index contributed by atoms with van der Waals surface area (Å²) in [7, 11) is 0. The number of hydrogen-bond acceptors (Lipinski definition) is 3. The Morgan fingerprint density at radius 2 is 1.74 bits per heavy atom. The van der Waals surface area contributed by atoms with Crippen molar-refractivity contribution >= 4 is 22.7 Å². The Morgan fingerprint density at radius 3 is 2.52 bits per heavy atom. The largest absolute Gasteiger partial charge is 0.451 e. The van der Waals surface area contributed by atoms with Crippen molar-refractivity contribution in [1.82, 2.24) is 4.98 Å². The fourth-order valence-corrected chi connectivity index (χ4v) is 2.40. The second kappa shape index (κ2) is 6.04. The lowest BCUT2D eigenvalue weighted by Crippen LogP contribution is -2.24. The molecule has 0 aliphatic heterocycles. The highest BCUT2D eigenvalue weighted by Crippen LogP contribution is 2.20. The number of ketones is 1. The first-order valence-electron chi connectivity index (χ1n) is 7.14. The lowest BCUT2D eigenvalue weighted by molar-refractivity contribution is 0.0315. The van der Waals surface area contributed by atoms with Gasteiger partial charge in [0.25, 0.3) is 0 Å². The maximum absolute atomic E-state index is 13.6. The molecular formula is C18H14FNO3. The van der Waals surface area contributed by atoms with Gasteiger partial charge in [0.1, 0.15) is 5.82 Å². The van der Waals surface area contributed by atoms with Gasteiger partial charge in [-0.15, -0.1) is 0 Å². The minimum absolute atomic E-state index is 0.189. The van der Waals surface area contributed by atoms with Crippen LogP contribution in [0.15, 0.2) is 54.7 Å². The van der Waals surface area contributed by atoms with Crippen LogP contribution in [0, 0.1) is 5.82 Å². The molecule has 1 aromatic heterocycles. The fraction of sp³-hybridized carbons (Fsp3) is 0.111. The summed E-state index contributed by atoms with van der Waals surface area (Å²) < 4.78 is 18.7. The average Bonchev–Trinajstić information content (AvgIpc) is 2.98. The fourth-order valence-electron chi connectivity index (χ4n) is 2.40. The Kier molecular flexibility index (Phi) is 3.93. The van der Waals surface area contributed by atoms with E-state index in [-0.39, 0.29) is 11.3 Å². The van der Waals surface area contributed by atoms with E-state index in [1.54, 1.807) is 6.20 Å². The van der Waals surface area contributed by atoms with E-state index in [9.17, 15) is 14.0 Å². The van der Waals surface area contributed by atoms with E-state index in [1.807, 2.05) is 24.3 Å². The van der Waals surface area contributed by atoms with E-state index >= 15 is 0 Å². The van der Waals surface area contributed by atoms with Crippen LogP contribution >= 0.6 is 0 Å². The van der Waals surface area contributed by atoms with Crippen LogP contribution in [-0.2, 0) is 4.74 Å². The van der Waals surface area contributed by atoms with Gasteiger partial charge in [0.15, 0.2) is 6.10 Å². The van der Waals surface area contributed by atoms with E-state index < -0.39 is 17.9 Å². The molecule has 0 saturated heterocycles. The highest BCUT2D eigenvalue weighted by Gasteiger charge is 2.23. The van der Waals surface area contributed by atoms with Crippen LogP contribution in [0.3, 0.4) is 0 Å². The van der Waals surface area contributed by atoms with Crippen LogP contribution in [0.25, 0.3) is 10.9 Å². The van der Waals surface area contributed by atoms with Crippen LogP contribution in [0.5, 0.6) is 0 Å². The SMILES string of the molecule is C[C@H](OC(=O)c1ccccc1F)C(=O)c1c[nH]c2ccccc12. The highest BCUT2D eigenvalue weighted by atomic mass is 19.1. The predicted octanol–water partition coefficient (Wildman–Crippen LogP) is 3.74. The number of Topliss-reactive ketones (excluding diaryl/α,β-unsaturated/α-hetero) is 1. The third-order valence-corrected chi connectivity index (χ3v) is 3.60. The molecule has 4 nitrogen and oxygen atoms in total. The predicted molar refractivity (Wildman–Crippen MR) is 83.9 cm³/mol. The molecule has 0 spiro atoms. The molecule has 0 fully saturated rings. The number of esters is 1. The van der Waals surface area contributed by atoms with Gasteiger partial charge < -0.3 is 9.72 Å². The molecule has 0 unspecified atom stereocenters. The molecule has 5 heteroatoms. The Bertz CT molecular complexity index is 885. The first-order valence-corrected chi connectivity index (χ1v) is 7.14. The lowest BCUT2D eigenvalue weighted by atomic mass is 10.1. The van der Waals surface area contributed by atoms with Gasteiger partial charge in [-0.3, -0.25) is 4.79 Å². The van der Waals surface area contributed by atoms with Gasteiger partial charge in [0, 0.05) is 22.7 Å². The second-order valence-electron chi connectivity index (χ2n) is 5.14. The number of ether oxygens (including phenoxy) is 1. The van der Waals surface area contributed by atoms with Crippen molar-refractivity contribution < 1.29 is 18.7 Å². The van der Waals surface area contributed by atoms with Crippen molar-refractivity contribution in [2.24, 2.45) is 0 Å². The Hall–Kier alpha value is -2.95. The molecular weight excluding hydrogens is 297 g/mol. The summed E-state index contributed by atoms with van der Waals surface area (Å²) in [5.41, 5.74) is 1.07. The number of carbonyl (C=O) groups excluding carboxylic acids is 2. The Morgan fingerprint density at radius 1 is 1.04 bits per heavy atom. The van der Waals surface area contributed by atoms with Gasteiger partial charge in [0.05, 0.1) is 5.56 Å². The molecule has 0 aliphatic carbocycles. The lowest BCUT2D eigenvalue weighted by Gasteiger charge is -2.12. The monoisotopic (exact) mass is 311 g/mol. The number of fused-ring (bicyclic) bond motifs is 1. The van der Waals surface area contributed by atoms with Crippen LogP contribution in [-0.4, -0.2) is 22.8 Å². The number of aromatic nitrogens is 1. The standard InChI is InChI=1S/C18H14FNO3/c1-11(23-18(22)13-7-2-4-8-15(13)19)17(21)14-10-20-16-9-5-3-6-12(14)16/h2-11,20H,1H3/t11-/m0/s1. The van der Waals surface area contributed by atoms with Gasteiger partial charge in [0.2, 0.25) is 5.78 Å². The van der Waals surface area contributed by atoms with Crippen molar-refractivity contribution in [3.8, 4) is 0 Å². The number of para-hydroxylation sites is 1. The quantitative estimate of drug-likeness (QED) is 0.590. The maximum Gasteiger partial charge on any atom is 0.341 e. The number of aromatic amines is 1. The molecule has 3 aromatic rings. The number of rotatable bonds is 4. The van der Waals surface area contributed by atoms with Gasteiger partial charge in [-0.1, -0.05) is 30.3 Å². The van der Waals surface area contributed by atoms with Gasteiger partial charge in [-0.05, 0) is 25.1 Å². The molecule has 1 atom stereocenters. The van der Waals surface area contributed by atoms with Crippen molar-refractivity contribution in [3.63, 3.8) is 0 Å². The molecule has 0 amide bonds. The van der Waals surface area contributed by atoms with Crippen LogP contribution in [0.4, 0.5) is 4.39 Å². The molecule has 0 saturated carbocycles. The van der Waals surface area contributed by atoms with E-state index in [2.05, 4.69) is 4.98 Å². The van der Waals surface area contributed by atoms with E-state index in [0.29, 0.717) is 5.56 Å². The number of H-pyrrole nitrogens is 1. The van der Waals surface area contributed by atoms with Crippen LogP contribution in [0.2, 0.25) is 0 Å². The summed E-state index contributed by atoms with van der Waals surface area (Å²) in [6.07, 6.45) is 0.571. The molecule has 0 bridgehead atoms. The highest BCUT2D eigenvalue weighted by molar-refractivity contribution is 6.10. The maximum atomic E-state index is 13.6. The van der Waals surface area contributed by atoms with Crippen molar-refractivity contribution in [1.29, 1.82) is 0 Å². The second-order valence-corrected chi connectivity index (χ2v) is 5.14. The molecule has 0 aliphatic rings. The van der Waals surface area contributed by atoms with Gasteiger partial charge >= 0.3 is 5.97 Å². The van der Waals surface area contributed by atoms with Crippen LogP contribution in [0.1, 0.15) is 27.6 Å². The number of halogens is 1. The molecule has 2 aromatic carbocycles. The Balaban J connectivity index is 1.80. The molecule has 23 heavy (non-hydrogen) atoms. The number of carbonyl (C=O) groups is 2. The zero-order valence-electron chi connectivity index (χ0n) is 12.4. The minimum Gasteiger partial charge on any atom is -0.451 e. The first-order chi connectivity index (χ1) is 11.1. The third-order valence-electron chi connectivity index (χ3n) is 3.60. The van der Waals surface area contributed by atoms with Crippen molar-refractivity contribution in [3.05, 3.63) is 71.7 Å². The average molecular weight is 311 g/mol. The molecule has 116 valence electrons. The van der Waals surface area contributed by atoms with Gasteiger partial charge in [-0.2, -0.15) is 0 Å². The number of hydrogen-bond donors (Lipinski definition) is 1. The summed E-state index contributed by atoms with van der Waals surface area (Å²) >= 11 is 0. The number of benzene rings is 2. The third kappa shape index (κ3) is 2.85. The summed E-state index contributed by atoms with van der Waals surface area (Å²) in [5.74, 6) is -1.87. The first kappa shape index (κ1) is 15.0. The number of nitrogens with one attached hydrogen (secondary N) is 1. The van der Waals surface area contributed by atoms with E-state index in [1.165, 1.54) is 31.2 Å². The smallest absolute Gasteiger partial charge is 0.341 e. The van der Waals surface area contributed by atoms with Crippen molar-refractivity contribution in [2.75, 3.05) is 0 Å². The van der Waals surface area contributed by atoms with E-state index in [0.717, 1.165) is 10.9 Å². The molecule has 1 heterocycles. The Labute approximate surface area is 131 Å². The normalized spacial score (nSPS) is 12.1. The zero-order valence-corrected chi connectivity index (χ0v) is 12.4. The summed E-state index contributed by atoms with van der Waals surface area (Å²) in [5, 5.41) is 0.756. The summed E-state index contributed by atoms with van der Waals surface area (Å²) in [6.45, 7) is 1.48. The topological polar surface area (TPSA) is 59.2 Å². The summed E-state index contributed by atoms with van der Waals surface area (Å²) in [4.78, 5) is 27.5. The molecule has 0 radical (unpaired) electrons. The molecule has 1 N–H and O–H groups in total. The van der Waals surface area contributed by atoms with E-state index in [4.69, 9.17) is 4.74 Å². The zero-order chi connectivity index (χ0) is 16.4. The minimum atomic E-state index is -1.01. The summed E-state index contributed by atoms with van der Waals surface area (Å²) in [6, 6.07) is 12.8. The molecule has 3 rings (SSSR count). The van der Waals surface area contributed by atoms with Gasteiger partial charge in [-0.25, -0.2) is 9.18 Å².